The minimum atomic E-state index is 0.112. The van der Waals surface area contributed by atoms with Gasteiger partial charge in [-0.25, -0.2) is 4.98 Å². The Morgan fingerprint density at radius 3 is 2.88 bits per heavy atom. The highest BCUT2D eigenvalue weighted by molar-refractivity contribution is 7.17. The maximum Gasteiger partial charge on any atom is 0.0812 e. The first-order chi connectivity index (χ1) is 8.24. The number of hydrogen-bond acceptors (Lipinski definition) is 4. The number of fused-ring (bicyclic) bond motifs is 1. The van der Waals surface area contributed by atoms with Gasteiger partial charge in [0.2, 0.25) is 0 Å². The predicted octanol–water partition coefficient (Wildman–Crippen LogP) is 4.04. The zero-order valence-corrected chi connectivity index (χ0v) is 11.0. The van der Waals surface area contributed by atoms with Gasteiger partial charge in [0.25, 0.3) is 0 Å². The van der Waals surface area contributed by atoms with Crippen molar-refractivity contribution in [2.75, 3.05) is 0 Å². The van der Waals surface area contributed by atoms with E-state index in [0.29, 0.717) is 0 Å². The van der Waals surface area contributed by atoms with E-state index in [1.807, 2.05) is 12.4 Å². The van der Waals surface area contributed by atoms with Crippen molar-refractivity contribution in [3.05, 3.63) is 40.7 Å². The van der Waals surface area contributed by atoms with Gasteiger partial charge < -0.3 is 5.73 Å². The molecule has 3 rings (SSSR count). The van der Waals surface area contributed by atoms with Gasteiger partial charge in [0, 0.05) is 15.8 Å². The molecule has 2 N–H and O–H groups in total. The molecule has 1 unspecified atom stereocenters. The summed E-state index contributed by atoms with van der Waals surface area (Å²) in [5, 5.41) is 0. The maximum absolute atomic E-state index is 5.88. The van der Waals surface area contributed by atoms with Crippen LogP contribution in [0.3, 0.4) is 0 Å². The molecule has 0 saturated carbocycles. The zero-order chi connectivity index (χ0) is 11.8. The third kappa shape index (κ3) is 1.99. The molecule has 1 aromatic carbocycles. The van der Waals surface area contributed by atoms with E-state index in [2.05, 4.69) is 35.3 Å². The van der Waals surface area contributed by atoms with Crippen LogP contribution in [0.25, 0.3) is 20.7 Å². The molecule has 3 aromatic rings. The second kappa shape index (κ2) is 4.22. The minimum absolute atomic E-state index is 0.112. The largest absolute Gasteiger partial charge is 0.324 e. The van der Waals surface area contributed by atoms with Crippen LogP contribution < -0.4 is 5.73 Å². The highest BCUT2D eigenvalue weighted by Gasteiger charge is 2.07. The number of hydrogen-bond donors (Lipinski definition) is 1. The van der Waals surface area contributed by atoms with Crippen LogP contribution in [0, 0.1) is 0 Å². The van der Waals surface area contributed by atoms with Gasteiger partial charge in [-0.15, -0.1) is 22.7 Å². The van der Waals surface area contributed by atoms with Gasteiger partial charge in [-0.3, -0.25) is 0 Å². The van der Waals surface area contributed by atoms with E-state index in [1.54, 1.807) is 22.7 Å². The molecule has 0 amide bonds. The normalized spacial score (nSPS) is 13.1. The smallest absolute Gasteiger partial charge is 0.0812 e. The quantitative estimate of drug-likeness (QED) is 0.755. The molecule has 1 atom stereocenters. The molecular formula is C13H12N2S2. The number of thiazole rings is 1. The lowest BCUT2D eigenvalue weighted by atomic mass is 10.2. The van der Waals surface area contributed by atoms with Gasteiger partial charge in [0.05, 0.1) is 15.7 Å². The molecule has 0 aliphatic heterocycles. The van der Waals surface area contributed by atoms with Crippen LogP contribution >= 0.6 is 22.7 Å². The summed E-state index contributed by atoms with van der Waals surface area (Å²) in [5.41, 5.74) is 10.1. The third-order valence-electron chi connectivity index (χ3n) is 2.69. The standard InChI is InChI=1S/C13H12N2S2/c1-8(14)11-4-5-12(17-11)9-2-3-10-13(6-9)16-7-15-10/h2-8H,14H2,1H3. The summed E-state index contributed by atoms with van der Waals surface area (Å²) < 4.78 is 1.23. The number of rotatable bonds is 2. The molecule has 2 heterocycles. The first-order valence-electron chi connectivity index (χ1n) is 5.43. The Morgan fingerprint density at radius 1 is 1.24 bits per heavy atom. The number of thiophene rings is 1. The first-order valence-corrected chi connectivity index (χ1v) is 7.12. The maximum atomic E-state index is 5.88. The summed E-state index contributed by atoms with van der Waals surface area (Å²) >= 11 is 3.44. The molecule has 0 fully saturated rings. The second-order valence-corrected chi connectivity index (χ2v) is 6.03. The lowest BCUT2D eigenvalue weighted by Crippen LogP contribution is -2.01. The molecule has 0 bridgehead atoms. The fraction of sp³-hybridized carbons (Fsp3) is 0.154. The fourth-order valence-corrected chi connectivity index (χ4v) is 3.43. The SMILES string of the molecule is CC(N)c1ccc(-c2ccc3ncsc3c2)s1. The Balaban J connectivity index is 2.06. The van der Waals surface area contributed by atoms with Crippen molar-refractivity contribution < 1.29 is 0 Å². The summed E-state index contributed by atoms with van der Waals surface area (Å²) in [7, 11) is 0. The molecule has 4 heteroatoms. The van der Waals surface area contributed by atoms with Crippen LogP contribution in [0.4, 0.5) is 0 Å². The molecule has 0 aliphatic rings. The fourth-order valence-electron chi connectivity index (χ4n) is 1.76. The Labute approximate surface area is 108 Å². The van der Waals surface area contributed by atoms with E-state index in [0.717, 1.165) is 5.52 Å². The van der Waals surface area contributed by atoms with Gasteiger partial charge in [0.1, 0.15) is 0 Å². The summed E-state index contributed by atoms with van der Waals surface area (Å²) in [6, 6.07) is 10.8. The number of aromatic nitrogens is 1. The van der Waals surface area contributed by atoms with Gasteiger partial charge in [-0.2, -0.15) is 0 Å². The monoisotopic (exact) mass is 260 g/mol. The lowest BCUT2D eigenvalue weighted by molar-refractivity contribution is 0.838. The Bertz CT molecular complexity index is 652. The number of nitrogens with zero attached hydrogens (tertiary/aromatic N) is 1. The van der Waals surface area contributed by atoms with E-state index in [-0.39, 0.29) is 6.04 Å². The summed E-state index contributed by atoms with van der Waals surface area (Å²) in [6.45, 7) is 2.02. The Morgan fingerprint density at radius 2 is 2.12 bits per heavy atom. The van der Waals surface area contributed by atoms with Crippen molar-refractivity contribution in [2.45, 2.75) is 13.0 Å². The lowest BCUT2D eigenvalue weighted by Gasteiger charge is -1.99. The van der Waals surface area contributed by atoms with Gasteiger partial charge in [0.15, 0.2) is 0 Å². The number of benzene rings is 1. The average Bonchev–Trinajstić information content (AvgIpc) is 2.97. The average molecular weight is 260 g/mol. The highest BCUT2D eigenvalue weighted by Crippen LogP contribution is 2.32. The van der Waals surface area contributed by atoms with E-state index >= 15 is 0 Å². The molecule has 0 saturated heterocycles. The molecule has 86 valence electrons. The first kappa shape index (κ1) is 10.9. The van der Waals surface area contributed by atoms with Crippen molar-refractivity contribution >= 4 is 32.9 Å². The molecule has 0 radical (unpaired) electrons. The van der Waals surface area contributed by atoms with Crippen molar-refractivity contribution in [1.82, 2.24) is 4.98 Å². The molecule has 17 heavy (non-hydrogen) atoms. The van der Waals surface area contributed by atoms with Crippen LogP contribution in [0.5, 0.6) is 0 Å². The topological polar surface area (TPSA) is 38.9 Å². The summed E-state index contributed by atoms with van der Waals surface area (Å²) in [6.07, 6.45) is 0. The molecule has 0 aliphatic carbocycles. The Kier molecular flexibility index (Phi) is 2.70. The van der Waals surface area contributed by atoms with Crippen LogP contribution in [-0.4, -0.2) is 4.98 Å². The van der Waals surface area contributed by atoms with E-state index in [1.165, 1.54) is 20.0 Å². The van der Waals surface area contributed by atoms with Gasteiger partial charge in [-0.05, 0) is 36.8 Å². The van der Waals surface area contributed by atoms with Crippen molar-refractivity contribution in [1.29, 1.82) is 0 Å². The van der Waals surface area contributed by atoms with Crippen LogP contribution in [0.2, 0.25) is 0 Å². The van der Waals surface area contributed by atoms with Crippen molar-refractivity contribution in [3.8, 4) is 10.4 Å². The summed E-state index contributed by atoms with van der Waals surface area (Å²) in [4.78, 5) is 6.79. The van der Waals surface area contributed by atoms with Crippen LogP contribution in [0.1, 0.15) is 17.8 Å². The van der Waals surface area contributed by atoms with Crippen molar-refractivity contribution in [3.63, 3.8) is 0 Å². The van der Waals surface area contributed by atoms with Crippen LogP contribution in [0.15, 0.2) is 35.8 Å². The Hall–Kier alpha value is -1.23. The van der Waals surface area contributed by atoms with Crippen molar-refractivity contribution in [2.24, 2.45) is 5.73 Å². The third-order valence-corrected chi connectivity index (χ3v) is 4.82. The highest BCUT2D eigenvalue weighted by atomic mass is 32.1. The zero-order valence-electron chi connectivity index (χ0n) is 9.38. The minimum Gasteiger partial charge on any atom is -0.324 e. The molecule has 2 nitrogen and oxygen atoms in total. The van der Waals surface area contributed by atoms with Gasteiger partial charge in [-0.1, -0.05) is 6.07 Å². The molecule has 0 spiro atoms. The number of nitrogens with two attached hydrogens (primary N) is 1. The van der Waals surface area contributed by atoms with E-state index < -0.39 is 0 Å². The molecule has 2 aromatic heterocycles. The molecular weight excluding hydrogens is 248 g/mol. The summed E-state index contributed by atoms with van der Waals surface area (Å²) in [5.74, 6) is 0. The second-order valence-electron chi connectivity index (χ2n) is 4.03. The van der Waals surface area contributed by atoms with Gasteiger partial charge >= 0.3 is 0 Å². The van der Waals surface area contributed by atoms with E-state index in [4.69, 9.17) is 5.73 Å². The van der Waals surface area contributed by atoms with Crippen LogP contribution in [-0.2, 0) is 0 Å². The van der Waals surface area contributed by atoms with E-state index in [9.17, 15) is 0 Å². The predicted molar refractivity (Wildman–Crippen MR) is 75.5 cm³/mol.